The van der Waals surface area contributed by atoms with Crippen molar-refractivity contribution >= 4 is 11.5 Å². The highest BCUT2D eigenvalue weighted by atomic mass is 16.5. The molecule has 0 spiro atoms. The summed E-state index contributed by atoms with van der Waals surface area (Å²) >= 11 is 0. The Morgan fingerprint density at radius 2 is 1.46 bits per heavy atom. The molecule has 0 aliphatic heterocycles. The molecule has 5 nitrogen and oxygen atoms in total. The van der Waals surface area contributed by atoms with E-state index in [0.29, 0.717) is 43.7 Å². The lowest BCUT2D eigenvalue weighted by Gasteiger charge is -2.22. The van der Waals surface area contributed by atoms with E-state index in [2.05, 4.69) is 19.1 Å². The molecule has 2 aromatic carbocycles. The number of benzene rings is 2. The monoisotopic (exact) mass is 375 g/mol. The quantitative estimate of drug-likeness (QED) is 0.419. The standard InChI is InChI=1S/C23H25N3O2/c1-2-3-18-28-22-12-8-20(9-13-22)23(27)19-6-10-21(11-7-19)26(16-4-14-24)17-5-15-25/h6-13H,2-5,16-18H2,1H3. The van der Waals surface area contributed by atoms with Crippen LogP contribution in [0.1, 0.15) is 48.5 Å². The number of carbonyl (C=O) groups excluding carboxylic acids is 1. The summed E-state index contributed by atoms with van der Waals surface area (Å²) in [7, 11) is 0. The van der Waals surface area contributed by atoms with Crippen LogP contribution in [0.15, 0.2) is 48.5 Å². The molecule has 0 saturated carbocycles. The van der Waals surface area contributed by atoms with Gasteiger partial charge in [-0.25, -0.2) is 0 Å². The topological polar surface area (TPSA) is 77.1 Å². The predicted octanol–water partition coefficient (Wildman–Crippen LogP) is 4.73. The number of hydrogen-bond donors (Lipinski definition) is 0. The van der Waals surface area contributed by atoms with Crippen molar-refractivity contribution in [2.45, 2.75) is 32.6 Å². The van der Waals surface area contributed by atoms with Gasteiger partial charge in [0, 0.05) is 29.9 Å². The second-order valence-electron chi connectivity index (χ2n) is 6.41. The Morgan fingerprint density at radius 3 is 1.96 bits per heavy atom. The molecule has 144 valence electrons. The molecule has 0 aliphatic carbocycles. The van der Waals surface area contributed by atoms with Gasteiger partial charge in [0.05, 0.1) is 31.6 Å². The van der Waals surface area contributed by atoms with Crippen molar-refractivity contribution in [2.24, 2.45) is 0 Å². The zero-order valence-electron chi connectivity index (χ0n) is 16.2. The fraction of sp³-hybridized carbons (Fsp3) is 0.348. The molecular formula is C23H25N3O2. The summed E-state index contributed by atoms with van der Waals surface area (Å²) < 4.78 is 5.63. The van der Waals surface area contributed by atoms with E-state index in [1.165, 1.54) is 0 Å². The van der Waals surface area contributed by atoms with Gasteiger partial charge in [-0.2, -0.15) is 10.5 Å². The summed E-state index contributed by atoms with van der Waals surface area (Å²) in [5.41, 5.74) is 2.12. The van der Waals surface area contributed by atoms with Crippen LogP contribution in [-0.2, 0) is 0 Å². The molecule has 0 unspecified atom stereocenters. The molecule has 0 N–H and O–H groups in total. The maximum Gasteiger partial charge on any atom is 0.193 e. The van der Waals surface area contributed by atoms with E-state index in [1.54, 1.807) is 24.3 Å². The van der Waals surface area contributed by atoms with Crippen LogP contribution in [0.5, 0.6) is 5.75 Å². The van der Waals surface area contributed by atoms with Crippen LogP contribution in [0.25, 0.3) is 0 Å². The van der Waals surface area contributed by atoms with Gasteiger partial charge in [-0.15, -0.1) is 0 Å². The molecule has 2 aromatic rings. The Bertz CT molecular complexity index is 812. The van der Waals surface area contributed by atoms with Gasteiger partial charge in [0.1, 0.15) is 5.75 Å². The van der Waals surface area contributed by atoms with E-state index in [0.717, 1.165) is 24.3 Å². The lowest BCUT2D eigenvalue weighted by molar-refractivity contribution is 0.103. The molecule has 0 amide bonds. The summed E-state index contributed by atoms with van der Waals surface area (Å²) in [5, 5.41) is 17.6. The van der Waals surface area contributed by atoms with Crippen LogP contribution in [-0.4, -0.2) is 25.5 Å². The highest BCUT2D eigenvalue weighted by Crippen LogP contribution is 2.20. The van der Waals surface area contributed by atoms with Crippen molar-refractivity contribution < 1.29 is 9.53 Å². The molecule has 5 heteroatoms. The minimum Gasteiger partial charge on any atom is -0.494 e. The van der Waals surface area contributed by atoms with E-state index in [-0.39, 0.29) is 5.78 Å². The van der Waals surface area contributed by atoms with Crippen molar-refractivity contribution in [3.8, 4) is 17.9 Å². The third kappa shape index (κ3) is 6.14. The molecule has 0 heterocycles. The molecule has 28 heavy (non-hydrogen) atoms. The summed E-state index contributed by atoms with van der Waals surface area (Å²) in [6, 6.07) is 18.8. The van der Waals surface area contributed by atoms with Crippen LogP contribution in [0.4, 0.5) is 5.69 Å². The summed E-state index contributed by atoms with van der Waals surface area (Å²) in [6.45, 7) is 3.91. The number of nitrogens with zero attached hydrogens (tertiary/aromatic N) is 3. The molecule has 0 fully saturated rings. The SMILES string of the molecule is CCCCOc1ccc(C(=O)c2ccc(N(CCC#N)CCC#N)cc2)cc1. The number of ketones is 1. The first-order valence-corrected chi connectivity index (χ1v) is 9.56. The predicted molar refractivity (Wildman–Crippen MR) is 109 cm³/mol. The fourth-order valence-electron chi connectivity index (χ4n) is 2.77. The molecule has 0 radical (unpaired) electrons. The highest BCUT2D eigenvalue weighted by Gasteiger charge is 2.11. The molecule has 0 saturated heterocycles. The number of rotatable bonds is 11. The van der Waals surface area contributed by atoms with E-state index in [9.17, 15) is 4.79 Å². The second kappa shape index (κ2) is 11.4. The Morgan fingerprint density at radius 1 is 0.929 bits per heavy atom. The number of carbonyl (C=O) groups is 1. The van der Waals surface area contributed by atoms with Crippen LogP contribution >= 0.6 is 0 Å². The van der Waals surface area contributed by atoms with Gasteiger partial charge >= 0.3 is 0 Å². The number of nitriles is 2. The zero-order chi connectivity index (χ0) is 20.2. The summed E-state index contributed by atoms with van der Waals surface area (Å²) in [4.78, 5) is 14.7. The molecule has 0 atom stereocenters. The van der Waals surface area contributed by atoms with Gasteiger partial charge in [-0.3, -0.25) is 4.79 Å². The first kappa shape index (κ1) is 21.0. The number of ether oxygens (including phenoxy) is 1. The summed E-state index contributed by atoms with van der Waals surface area (Å²) in [6.07, 6.45) is 2.86. The Balaban J connectivity index is 2.06. The van der Waals surface area contributed by atoms with E-state index < -0.39 is 0 Å². The summed E-state index contributed by atoms with van der Waals surface area (Å²) in [5.74, 6) is 0.721. The minimum atomic E-state index is -0.0488. The van der Waals surface area contributed by atoms with E-state index >= 15 is 0 Å². The number of unbranched alkanes of at least 4 members (excludes halogenated alkanes) is 1. The Kier molecular flexibility index (Phi) is 8.56. The zero-order valence-corrected chi connectivity index (χ0v) is 16.2. The van der Waals surface area contributed by atoms with E-state index in [4.69, 9.17) is 15.3 Å². The van der Waals surface area contributed by atoms with Crippen molar-refractivity contribution in [1.29, 1.82) is 10.5 Å². The van der Waals surface area contributed by atoms with Crippen LogP contribution in [0, 0.1) is 22.7 Å². The Hall–Kier alpha value is -3.31. The highest BCUT2D eigenvalue weighted by molar-refractivity contribution is 6.09. The van der Waals surface area contributed by atoms with Gasteiger partial charge in [-0.1, -0.05) is 13.3 Å². The van der Waals surface area contributed by atoms with Gasteiger partial charge in [0.2, 0.25) is 0 Å². The third-order valence-corrected chi connectivity index (χ3v) is 4.36. The average Bonchev–Trinajstić information content (AvgIpc) is 2.74. The molecule has 0 aliphatic rings. The molecular weight excluding hydrogens is 350 g/mol. The van der Waals surface area contributed by atoms with Gasteiger partial charge in [0.15, 0.2) is 5.78 Å². The second-order valence-corrected chi connectivity index (χ2v) is 6.41. The van der Waals surface area contributed by atoms with Crippen molar-refractivity contribution in [2.75, 3.05) is 24.6 Å². The number of anilines is 1. The van der Waals surface area contributed by atoms with Crippen molar-refractivity contribution in [3.63, 3.8) is 0 Å². The lowest BCUT2D eigenvalue weighted by atomic mass is 10.0. The van der Waals surface area contributed by atoms with Crippen LogP contribution < -0.4 is 9.64 Å². The first-order valence-electron chi connectivity index (χ1n) is 9.56. The Labute approximate surface area is 166 Å². The number of hydrogen-bond acceptors (Lipinski definition) is 5. The van der Waals surface area contributed by atoms with Crippen molar-refractivity contribution in [1.82, 2.24) is 0 Å². The average molecular weight is 375 g/mol. The maximum atomic E-state index is 12.7. The first-order chi connectivity index (χ1) is 13.7. The fourth-order valence-corrected chi connectivity index (χ4v) is 2.77. The largest absolute Gasteiger partial charge is 0.494 e. The smallest absolute Gasteiger partial charge is 0.193 e. The molecule has 0 bridgehead atoms. The van der Waals surface area contributed by atoms with Gasteiger partial charge in [-0.05, 0) is 55.0 Å². The van der Waals surface area contributed by atoms with Gasteiger partial charge < -0.3 is 9.64 Å². The normalized spacial score (nSPS) is 9.96. The third-order valence-electron chi connectivity index (χ3n) is 4.36. The van der Waals surface area contributed by atoms with Crippen LogP contribution in [0.3, 0.4) is 0 Å². The van der Waals surface area contributed by atoms with Gasteiger partial charge in [0.25, 0.3) is 0 Å². The van der Waals surface area contributed by atoms with E-state index in [1.807, 2.05) is 29.2 Å². The minimum absolute atomic E-state index is 0.0488. The molecule has 2 rings (SSSR count). The lowest BCUT2D eigenvalue weighted by Crippen LogP contribution is -2.25. The maximum absolute atomic E-state index is 12.7. The van der Waals surface area contributed by atoms with Crippen LogP contribution in [0.2, 0.25) is 0 Å². The molecule has 0 aromatic heterocycles. The van der Waals surface area contributed by atoms with Crippen molar-refractivity contribution in [3.05, 3.63) is 59.7 Å².